The fourth-order valence-electron chi connectivity index (χ4n) is 3.51. The highest BCUT2D eigenvalue weighted by Crippen LogP contribution is 2.25. The van der Waals surface area contributed by atoms with Crippen molar-refractivity contribution in [1.29, 1.82) is 0 Å². The highest BCUT2D eigenvalue weighted by atomic mass is 16.5. The van der Waals surface area contributed by atoms with Gasteiger partial charge in [0, 0.05) is 18.7 Å². The van der Waals surface area contributed by atoms with Crippen LogP contribution in [0, 0.1) is 0 Å². The Kier molecular flexibility index (Phi) is 5.39. The lowest BCUT2D eigenvalue weighted by molar-refractivity contribution is -0.136. The van der Waals surface area contributed by atoms with Crippen LogP contribution in [0.4, 0.5) is 0 Å². The van der Waals surface area contributed by atoms with Gasteiger partial charge >= 0.3 is 5.97 Å². The zero-order valence-corrected chi connectivity index (χ0v) is 15.8. The Morgan fingerprint density at radius 3 is 2.55 bits per heavy atom. The number of imidazole rings is 1. The molecule has 1 amide bonds. The van der Waals surface area contributed by atoms with Gasteiger partial charge in [-0.2, -0.15) is 0 Å². The molecule has 0 aliphatic carbocycles. The number of carboxylic acids is 1. The third-order valence-corrected chi connectivity index (χ3v) is 4.92. The Hall–Kier alpha value is -3.45. The average molecular weight is 391 g/mol. The predicted molar refractivity (Wildman–Crippen MR) is 106 cm³/mol. The average Bonchev–Trinajstić information content (AvgIpc) is 3.13. The summed E-state index contributed by atoms with van der Waals surface area (Å²) in [7, 11) is 0. The first-order valence-electron chi connectivity index (χ1n) is 9.43. The number of fused-ring (bicyclic) bond motifs is 1. The Balaban J connectivity index is 1.59. The van der Waals surface area contributed by atoms with Crippen molar-refractivity contribution in [2.75, 3.05) is 6.61 Å². The van der Waals surface area contributed by atoms with Crippen LogP contribution in [0.25, 0.3) is 11.4 Å². The number of amides is 1. The fraction of sp³-hybridized carbons (Fsp3) is 0.227. The molecule has 0 fully saturated rings. The fourth-order valence-corrected chi connectivity index (χ4v) is 3.51. The van der Waals surface area contributed by atoms with Gasteiger partial charge in [-0.1, -0.05) is 54.6 Å². The van der Waals surface area contributed by atoms with Crippen molar-refractivity contribution in [3.63, 3.8) is 0 Å². The van der Waals surface area contributed by atoms with Crippen LogP contribution in [0.15, 0.2) is 54.6 Å². The quantitative estimate of drug-likeness (QED) is 0.674. The lowest BCUT2D eigenvalue weighted by Gasteiger charge is -2.18. The first-order valence-corrected chi connectivity index (χ1v) is 9.43. The Labute approximate surface area is 168 Å². The zero-order valence-electron chi connectivity index (χ0n) is 15.8. The van der Waals surface area contributed by atoms with Crippen LogP contribution in [0.5, 0.6) is 0 Å². The van der Waals surface area contributed by atoms with Gasteiger partial charge in [-0.05, 0) is 11.1 Å². The Morgan fingerprint density at radius 2 is 1.79 bits per heavy atom. The van der Waals surface area contributed by atoms with Gasteiger partial charge in [-0.25, -0.2) is 4.98 Å². The molecule has 2 aromatic carbocycles. The lowest BCUT2D eigenvalue weighted by Crippen LogP contribution is -2.26. The summed E-state index contributed by atoms with van der Waals surface area (Å²) in [5.74, 6) is -0.455. The SMILES string of the molecule is O=C(O)Cc1ccccc1CNC(=O)c1nc(-c2ccccc2)n2c1COCC2. The van der Waals surface area contributed by atoms with Gasteiger partial charge in [0.25, 0.3) is 5.91 Å². The minimum atomic E-state index is -0.906. The molecular weight excluding hydrogens is 370 g/mol. The first kappa shape index (κ1) is 18.9. The van der Waals surface area contributed by atoms with Crippen molar-refractivity contribution in [3.05, 3.63) is 77.1 Å². The number of hydrogen-bond acceptors (Lipinski definition) is 4. The van der Waals surface area contributed by atoms with E-state index in [-0.39, 0.29) is 18.9 Å². The van der Waals surface area contributed by atoms with Crippen molar-refractivity contribution >= 4 is 11.9 Å². The van der Waals surface area contributed by atoms with Crippen LogP contribution < -0.4 is 5.32 Å². The van der Waals surface area contributed by atoms with Gasteiger partial charge in [-0.3, -0.25) is 9.59 Å². The minimum absolute atomic E-state index is 0.0854. The maximum absolute atomic E-state index is 12.9. The molecule has 0 saturated heterocycles. The number of rotatable bonds is 6. The van der Waals surface area contributed by atoms with E-state index in [0.717, 1.165) is 22.6 Å². The summed E-state index contributed by atoms with van der Waals surface area (Å²) in [6.07, 6.45) is -0.0854. The third kappa shape index (κ3) is 4.05. The number of benzene rings is 2. The van der Waals surface area contributed by atoms with Crippen LogP contribution in [-0.2, 0) is 35.6 Å². The number of ether oxygens (including phenoxy) is 1. The second-order valence-corrected chi connectivity index (χ2v) is 6.82. The minimum Gasteiger partial charge on any atom is -0.481 e. The van der Waals surface area contributed by atoms with Crippen molar-refractivity contribution in [2.24, 2.45) is 0 Å². The monoisotopic (exact) mass is 391 g/mol. The van der Waals surface area contributed by atoms with Gasteiger partial charge in [0.15, 0.2) is 5.69 Å². The summed E-state index contributed by atoms with van der Waals surface area (Å²) < 4.78 is 7.59. The number of hydrogen-bond donors (Lipinski definition) is 2. The molecule has 2 N–H and O–H groups in total. The molecule has 0 atom stereocenters. The van der Waals surface area contributed by atoms with E-state index in [1.54, 1.807) is 12.1 Å². The highest BCUT2D eigenvalue weighted by Gasteiger charge is 2.25. The maximum atomic E-state index is 12.9. The molecule has 7 nitrogen and oxygen atoms in total. The van der Waals surface area contributed by atoms with E-state index < -0.39 is 5.97 Å². The van der Waals surface area contributed by atoms with E-state index in [2.05, 4.69) is 10.3 Å². The van der Waals surface area contributed by atoms with Gasteiger partial charge in [0.1, 0.15) is 5.82 Å². The number of carbonyl (C=O) groups excluding carboxylic acids is 1. The normalized spacial score (nSPS) is 13.0. The molecule has 1 aromatic heterocycles. The molecule has 0 saturated carbocycles. The van der Waals surface area contributed by atoms with E-state index in [1.807, 2.05) is 47.0 Å². The van der Waals surface area contributed by atoms with Crippen molar-refractivity contribution in [2.45, 2.75) is 26.1 Å². The summed E-state index contributed by atoms with van der Waals surface area (Å²) in [5, 5.41) is 12.0. The maximum Gasteiger partial charge on any atom is 0.307 e. The lowest BCUT2D eigenvalue weighted by atomic mass is 10.0. The molecule has 3 aromatic rings. The second kappa shape index (κ2) is 8.28. The number of nitrogens with zero attached hydrogens (tertiary/aromatic N) is 2. The van der Waals surface area contributed by atoms with Crippen LogP contribution >= 0.6 is 0 Å². The number of nitrogens with one attached hydrogen (secondary N) is 1. The molecule has 148 valence electrons. The third-order valence-electron chi connectivity index (χ3n) is 4.92. The summed E-state index contributed by atoms with van der Waals surface area (Å²) >= 11 is 0. The molecule has 7 heteroatoms. The van der Waals surface area contributed by atoms with Gasteiger partial charge in [0.2, 0.25) is 0 Å². The van der Waals surface area contributed by atoms with Crippen LogP contribution in [0.1, 0.15) is 27.3 Å². The molecule has 0 unspecified atom stereocenters. The van der Waals surface area contributed by atoms with E-state index in [9.17, 15) is 9.59 Å². The first-order chi connectivity index (χ1) is 14.1. The topological polar surface area (TPSA) is 93.5 Å². The highest BCUT2D eigenvalue weighted by molar-refractivity contribution is 5.94. The molecule has 0 bridgehead atoms. The van der Waals surface area contributed by atoms with Gasteiger partial charge < -0.3 is 19.7 Å². The summed E-state index contributed by atoms with van der Waals surface area (Å²) in [6.45, 7) is 1.78. The zero-order chi connectivity index (χ0) is 20.2. The number of aromatic nitrogens is 2. The predicted octanol–water partition coefficient (Wildman–Crippen LogP) is 2.64. The summed E-state index contributed by atoms with van der Waals surface area (Å²) in [6, 6.07) is 16.9. The molecule has 1 aliphatic rings. The van der Waals surface area contributed by atoms with Crippen LogP contribution in [-0.4, -0.2) is 33.1 Å². The molecule has 1 aliphatic heterocycles. The van der Waals surface area contributed by atoms with Gasteiger partial charge in [0.05, 0.1) is 25.3 Å². The molecule has 0 radical (unpaired) electrons. The van der Waals surface area contributed by atoms with Crippen molar-refractivity contribution < 1.29 is 19.4 Å². The largest absolute Gasteiger partial charge is 0.481 e. The standard InChI is InChI=1S/C22H21N3O4/c26-19(27)12-16-8-4-5-9-17(16)13-23-22(28)20-18-14-29-11-10-25(18)21(24-20)15-6-2-1-3-7-15/h1-9H,10-14H2,(H,23,28)(H,26,27). The van der Waals surface area contributed by atoms with E-state index in [1.165, 1.54) is 0 Å². The van der Waals surface area contributed by atoms with E-state index >= 15 is 0 Å². The Bertz CT molecular complexity index is 1040. The molecule has 2 heterocycles. The Morgan fingerprint density at radius 1 is 1.07 bits per heavy atom. The molecule has 29 heavy (non-hydrogen) atoms. The number of aliphatic carboxylic acids is 1. The second-order valence-electron chi connectivity index (χ2n) is 6.82. The van der Waals surface area contributed by atoms with Crippen LogP contribution in [0.2, 0.25) is 0 Å². The number of carbonyl (C=O) groups is 2. The van der Waals surface area contributed by atoms with E-state index in [4.69, 9.17) is 9.84 Å². The van der Waals surface area contributed by atoms with Crippen molar-refractivity contribution in [1.82, 2.24) is 14.9 Å². The van der Waals surface area contributed by atoms with E-state index in [0.29, 0.717) is 31.0 Å². The molecule has 0 spiro atoms. The van der Waals surface area contributed by atoms with Gasteiger partial charge in [-0.15, -0.1) is 0 Å². The summed E-state index contributed by atoms with van der Waals surface area (Å²) in [5.41, 5.74) is 3.50. The summed E-state index contributed by atoms with van der Waals surface area (Å²) in [4.78, 5) is 28.6. The molecular formula is C22H21N3O4. The van der Waals surface area contributed by atoms with Crippen molar-refractivity contribution in [3.8, 4) is 11.4 Å². The van der Waals surface area contributed by atoms with Crippen LogP contribution in [0.3, 0.4) is 0 Å². The number of carboxylic acid groups (broad SMARTS) is 1. The molecule has 4 rings (SSSR count). The smallest absolute Gasteiger partial charge is 0.307 e.